The number of nitrogens with two attached hydrogens (primary N) is 1. The Bertz CT molecular complexity index is 1550. The third-order valence-corrected chi connectivity index (χ3v) is 17.3. The van der Waals surface area contributed by atoms with E-state index < -0.39 is 68.3 Å². The average Bonchev–Trinajstić information content (AvgIpc) is 3.05. The molecule has 5 rings (SSSR count). The summed E-state index contributed by atoms with van der Waals surface area (Å²) in [5.74, 6) is -1.25. The molecular formula is C41H68N2O9S. The fraction of sp³-hybridized carbons (Fsp3) is 0.878. The lowest BCUT2D eigenvalue weighted by molar-refractivity contribution is -0.263. The van der Waals surface area contributed by atoms with E-state index >= 15 is 0 Å². The van der Waals surface area contributed by atoms with Crippen molar-refractivity contribution in [2.45, 2.75) is 145 Å². The lowest BCUT2D eigenvalue weighted by atomic mass is 9.34. The Labute approximate surface area is 318 Å². The number of hydrogen-bond acceptors (Lipinski definition) is 9. The van der Waals surface area contributed by atoms with E-state index in [1.54, 1.807) is 0 Å². The fourth-order valence-electron chi connectivity index (χ4n) is 12.5. The summed E-state index contributed by atoms with van der Waals surface area (Å²) in [5, 5.41) is 11.0. The second kappa shape index (κ2) is 15.1. The van der Waals surface area contributed by atoms with Crippen LogP contribution in [0.1, 0.15) is 127 Å². The van der Waals surface area contributed by atoms with Gasteiger partial charge in [-0.25, -0.2) is 13.1 Å². The van der Waals surface area contributed by atoms with Gasteiger partial charge < -0.3 is 25.1 Å². The van der Waals surface area contributed by atoms with Gasteiger partial charge >= 0.3 is 17.9 Å². The number of carboxylic acids is 1. The molecule has 1 unspecified atom stereocenters. The lowest BCUT2D eigenvalue weighted by Gasteiger charge is -2.71. The number of hydrogen-bond donors (Lipinski definition) is 3. The molecule has 0 aromatic rings. The Morgan fingerprint density at radius 3 is 2.36 bits per heavy atom. The molecule has 0 amide bonds. The van der Waals surface area contributed by atoms with Crippen molar-refractivity contribution in [3.8, 4) is 0 Å². The summed E-state index contributed by atoms with van der Waals surface area (Å²) >= 11 is 0. The van der Waals surface area contributed by atoms with Crippen LogP contribution in [0, 0.1) is 56.7 Å². The first kappa shape index (κ1) is 42.1. The van der Waals surface area contributed by atoms with Crippen molar-refractivity contribution in [3.63, 3.8) is 0 Å². The number of carbonyl (C=O) groups is 3. The van der Waals surface area contributed by atoms with E-state index in [9.17, 15) is 27.9 Å². The molecule has 1 saturated heterocycles. The minimum Gasteiger partial charge on any atom is -0.481 e. The van der Waals surface area contributed by atoms with Crippen LogP contribution in [-0.2, 0) is 38.6 Å². The SMILES string of the molecule is CCCS(=O)(=O)NCCCCC(N)C(=O)O[C@H]1[C@H](OC(C)=O)C[C@]23COC[C@]1(C)[C@@H]2CC[C@H]1C3=CC[C@@]2(C)[C@H](C(=O)O)[C@@](C)([C@H](C)C(C)C)CC[C@]12C. The van der Waals surface area contributed by atoms with Crippen LogP contribution in [0.25, 0.3) is 0 Å². The zero-order valence-electron chi connectivity index (χ0n) is 33.8. The number of unbranched alkanes of at least 4 members (excludes halogenated alkanes) is 1. The molecule has 1 aliphatic heterocycles. The van der Waals surface area contributed by atoms with Gasteiger partial charge in [-0.2, -0.15) is 0 Å². The van der Waals surface area contributed by atoms with E-state index in [1.807, 2.05) is 6.92 Å². The summed E-state index contributed by atoms with van der Waals surface area (Å²) in [5.41, 5.74) is 5.53. The van der Waals surface area contributed by atoms with E-state index in [-0.39, 0.29) is 40.9 Å². The predicted octanol–water partition coefficient (Wildman–Crippen LogP) is 6.25. The number of carbonyl (C=O) groups excluding carboxylic acids is 2. The maximum atomic E-state index is 13.6. The molecule has 2 bridgehead atoms. The van der Waals surface area contributed by atoms with Crippen molar-refractivity contribution in [2.24, 2.45) is 62.4 Å². The first-order chi connectivity index (χ1) is 24.6. The Hall–Kier alpha value is -2.02. The lowest BCUT2D eigenvalue weighted by Crippen LogP contribution is -2.70. The van der Waals surface area contributed by atoms with Gasteiger partial charge in [0.05, 0.1) is 24.9 Å². The number of fused-ring (bicyclic) bond motifs is 3. The summed E-state index contributed by atoms with van der Waals surface area (Å²) in [6, 6.07) is -0.910. The van der Waals surface area contributed by atoms with Gasteiger partial charge in [-0.1, -0.05) is 73.5 Å². The second-order valence-corrected chi connectivity index (χ2v) is 20.8. The van der Waals surface area contributed by atoms with Crippen LogP contribution in [0.4, 0.5) is 0 Å². The van der Waals surface area contributed by atoms with Crippen LogP contribution in [0.2, 0.25) is 0 Å². The smallest absolute Gasteiger partial charge is 0.323 e. The molecule has 12 heteroatoms. The number of carboxylic acid groups (broad SMARTS) is 1. The number of allylic oxidation sites excluding steroid dienone is 1. The largest absolute Gasteiger partial charge is 0.481 e. The summed E-state index contributed by atoms with van der Waals surface area (Å²) in [7, 11) is -3.30. The van der Waals surface area contributed by atoms with Gasteiger partial charge in [0.1, 0.15) is 18.2 Å². The molecule has 0 aromatic carbocycles. The summed E-state index contributed by atoms with van der Waals surface area (Å²) < 4.78 is 45.4. The maximum Gasteiger partial charge on any atom is 0.323 e. The normalized spacial score (nSPS) is 40.5. The van der Waals surface area contributed by atoms with Gasteiger partial charge in [0, 0.05) is 24.3 Å². The Morgan fingerprint density at radius 2 is 1.74 bits per heavy atom. The molecule has 0 aromatic heterocycles. The third-order valence-electron chi connectivity index (χ3n) is 15.7. The number of ether oxygens (including phenoxy) is 3. The number of esters is 2. The minimum absolute atomic E-state index is 0.0770. The molecule has 0 radical (unpaired) electrons. The quantitative estimate of drug-likeness (QED) is 0.104. The number of rotatable bonds is 14. The van der Waals surface area contributed by atoms with Crippen molar-refractivity contribution in [1.29, 1.82) is 0 Å². The third kappa shape index (κ3) is 7.14. The molecule has 1 heterocycles. The van der Waals surface area contributed by atoms with E-state index in [2.05, 4.69) is 59.3 Å². The van der Waals surface area contributed by atoms with Crippen molar-refractivity contribution in [2.75, 3.05) is 25.5 Å². The highest BCUT2D eigenvalue weighted by atomic mass is 32.2. The highest BCUT2D eigenvalue weighted by Gasteiger charge is 2.72. The topological polar surface area (TPSA) is 171 Å². The fourth-order valence-corrected chi connectivity index (χ4v) is 13.6. The molecule has 53 heavy (non-hydrogen) atoms. The van der Waals surface area contributed by atoms with Crippen molar-refractivity contribution >= 4 is 27.9 Å². The van der Waals surface area contributed by atoms with Crippen LogP contribution in [0.3, 0.4) is 0 Å². The molecule has 3 saturated carbocycles. The number of nitrogens with one attached hydrogen (secondary N) is 1. The van der Waals surface area contributed by atoms with Crippen LogP contribution < -0.4 is 10.5 Å². The van der Waals surface area contributed by atoms with Gasteiger partial charge in [-0.3, -0.25) is 14.4 Å². The molecule has 5 aliphatic rings. The number of aliphatic carboxylic acids is 1. The first-order valence-electron chi connectivity index (χ1n) is 20.2. The van der Waals surface area contributed by atoms with Crippen LogP contribution >= 0.6 is 0 Å². The molecule has 12 atom stereocenters. The van der Waals surface area contributed by atoms with Gasteiger partial charge in [-0.05, 0) is 97.7 Å². The zero-order chi connectivity index (χ0) is 39.4. The average molecular weight is 765 g/mol. The molecule has 302 valence electrons. The second-order valence-electron chi connectivity index (χ2n) is 18.9. The summed E-state index contributed by atoms with van der Waals surface area (Å²) in [6.45, 7) is 19.8. The van der Waals surface area contributed by atoms with Crippen molar-refractivity contribution in [3.05, 3.63) is 11.6 Å². The Morgan fingerprint density at radius 1 is 1.04 bits per heavy atom. The van der Waals surface area contributed by atoms with E-state index in [0.717, 1.165) is 25.7 Å². The molecule has 4 fully saturated rings. The van der Waals surface area contributed by atoms with Gasteiger partial charge in [0.25, 0.3) is 0 Å². The van der Waals surface area contributed by atoms with Crippen LogP contribution in [0.15, 0.2) is 11.6 Å². The van der Waals surface area contributed by atoms with Gasteiger partial charge in [-0.15, -0.1) is 0 Å². The van der Waals surface area contributed by atoms with Crippen LogP contribution in [-0.4, -0.2) is 75.2 Å². The molecular weight excluding hydrogens is 697 g/mol. The molecule has 4 N–H and O–H groups in total. The highest BCUT2D eigenvalue weighted by molar-refractivity contribution is 7.89. The minimum atomic E-state index is -3.30. The van der Waals surface area contributed by atoms with E-state index in [0.29, 0.717) is 57.7 Å². The molecule has 0 spiro atoms. The monoisotopic (exact) mass is 764 g/mol. The molecule has 4 aliphatic carbocycles. The van der Waals surface area contributed by atoms with E-state index in [4.69, 9.17) is 19.9 Å². The number of sulfonamides is 1. The van der Waals surface area contributed by atoms with Crippen molar-refractivity contribution in [1.82, 2.24) is 4.72 Å². The molecule has 11 nitrogen and oxygen atoms in total. The van der Waals surface area contributed by atoms with Crippen molar-refractivity contribution < 1.29 is 42.1 Å². The highest BCUT2D eigenvalue weighted by Crippen LogP contribution is 2.75. The predicted molar refractivity (Wildman–Crippen MR) is 203 cm³/mol. The summed E-state index contributed by atoms with van der Waals surface area (Å²) in [4.78, 5) is 39.7. The van der Waals surface area contributed by atoms with Crippen LogP contribution in [0.5, 0.6) is 0 Å². The van der Waals surface area contributed by atoms with Gasteiger partial charge in [0.15, 0.2) is 0 Å². The van der Waals surface area contributed by atoms with Gasteiger partial charge in [0.2, 0.25) is 10.0 Å². The van der Waals surface area contributed by atoms with E-state index in [1.165, 1.54) is 12.5 Å². The summed E-state index contributed by atoms with van der Waals surface area (Å²) in [6.07, 6.45) is 7.53. The Kier molecular flexibility index (Phi) is 12.0. The standard InChI is InChI=1S/C41H68N2O9S/c1-10-21-53(48,49)43-20-12-11-13-30(42)36(47)52-34-31(51-27(5)44)22-41-24-50-23-38(34,7)32(41)15-14-28-29(41)16-17-40(9)33(35(45)46)37(6,26(4)25(2)3)18-19-39(28,40)8/h16,25-26,28,30-34,43H,10-15,17-24,42H2,1-9H3,(H,45,46)/t26-,28+,30?,31-,32+,33-,34+,37-,38-,39-,40+,41-/m1/s1. The zero-order valence-corrected chi connectivity index (χ0v) is 34.6. The maximum absolute atomic E-state index is 13.6. The Balaban J connectivity index is 1.41. The first-order valence-corrected chi connectivity index (χ1v) is 21.9.